The van der Waals surface area contributed by atoms with Gasteiger partial charge < -0.3 is 29.9 Å². The van der Waals surface area contributed by atoms with E-state index in [4.69, 9.17) is 26.2 Å². The van der Waals surface area contributed by atoms with Crippen molar-refractivity contribution in [3.8, 4) is 5.75 Å². The summed E-state index contributed by atoms with van der Waals surface area (Å²) < 4.78 is 37.9. The van der Waals surface area contributed by atoms with Crippen LogP contribution in [0.2, 0.25) is 5.02 Å². The van der Waals surface area contributed by atoms with Crippen molar-refractivity contribution >= 4 is 41.0 Å². The van der Waals surface area contributed by atoms with Gasteiger partial charge in [-0.25, -0.2) is 4.79 Å². The number of amides is 3. The number of fused-ring (bicyclic) bond motifs is 1. The van der Waals surface area contributed by atoms with Gasteiger partial charge in [-0.3, -0.25) is 14.4 Å². The van der Waals surface area contributed by atoms with Crippen molar-refractivity contribution in [2.75, 3.05) is 37.6 Å². The lowest BCUT2D eigenvalue weighted by Crippen LogP contribution is -2.39. The molecule has 0 unspecified atom stereocenters. The van der Waals surface area contributed by atoms with Gasteiger partial charge in [0.15, 0.2) is 0 Å². The molecule has 14 heteroatoms. The molecule has 260 valence electrons. The highest BCUT2D eigenvalue weighted by atomic mass is 35.5. The third-order valence-corrected chi connectivity index (χ3v) is 8.73. The van der Waals surface area contributed by atoms with E-state index >= 15 is 0 Å². The molecule has 10 nitrogen and oxygen atoms in total. The predicted molar refractivity (Wildman–Crippen MR) is 176 cm³/mol. The van der Waals surface area contributed by atoms with Gasteiger partial charge in [0, 0.05) is 41.5 Å². The molecule has 3 aliphatic rings. The Morgan fingerprint density at radius 2 is 1.45 bits per heavy atom. The first-order valence-corrected chi connectivity index (χ1v) is 16.3. The molecule has 2 fully saturated rings. The van der Waals surface area contributed by atoms with Crippen molar-refractivity contribution in [1.29, 1.82) is 0 Å². The van der Waals surface area contributed by atoms with Crippen LogP contribution in [0.5, 0.6) is 5.75 Å². The molecule has 3 aromatic carbocycles. The van der Waals surface area contributed by atoms with Gasteiger partial charge in [0.25, 0.3) is 11.8 Å². The molecular formula is C35H36ClF3N4O6. The summed E-state index contributed by atoms with van der Waals surface area (Å²) in [5.74, 6) is -2.43. The SMILES string of the molecule is O=C(O)C(F)(F)F.O=C(c1ccc2c(c1)N(Cc1ccc(OC3CCNCC3)cc1)C(=O)CN(C(=O)c1ccc(Cl)cc1)C2)N1CCCC1. The predicted octanol–water partition coefficient (Wildman–Crippen LogP) is 5.53. The Kier molecular flexibility index (Phi) is 11.5. The van der Waals surface area contributed by atoms with E-state index in [2.05, 4.69) is 5.32 Å². The number of ether oxygens (including phenoxy) is 1. The first-order chi connectivity index (χ1) is 23.4. The van der Waals surface area contributed by atoms with Crippen molar-refractivity contribution < 1.29 is 42.2 Å². The lowest BCUT2D eigenvalue weighted by atomic mass is 10.1. The largest absolute Gasteiger partial charge is 0.490 e. The number of alkyl halides is 3. The average molecular weight is 701 g/mol. The molecule has 0 radical (unpaired) electrons. The van der Waals surface area contributed by atoms with Gasteiger partial charge in [-0.15, -0.1) is 0 Å². The second-order valence-electron chi connectivity index (χ2n) is 12.0. The molecule has 3 aliphatic heterocycles. The van der Waals surface area contributed by atoms with E-state index in [0.717, 1.165) is 68.7 Å². The number of carbonyl (C=O) groups excluding carboxylic acids is 3. The summed E-state index contributed by atoms with van der Waals surface area (Å²) in [4.78, 5) is 54.6. The summed E-state index contributed by atoms with van der Waals surface area (Å²) in [5.41, 5.74) is 3.42. The van der Waals surface area contributed by atoms with Gasteiger partial charge in [-0.1, -0.05) is 29.8 Å². The standard InChI is InChI=1S/C33H35ClN4O4.C2HF3O2/c34-27-9-7-24(8-10-27)32(40)37-21-26-6-5-25(33(41)36-17-1-2-18-36)19-30(26)38(31(39)22-37)20-23-3-11-28(12-4-23)42-29-13-15-35-16-14-29;3-2(4,5)1(6)7/h3-12,19,29,35H,1-2,13-18,20-22H2;(H,6,7). The first kappa shape index (κ1) is 35.7. The number of benzene rings is 3. The van der Waals surface area contributed by atoms with E-state index in [9.17, 15) is 27.6 Å². The molecule has 3 heterocycles. The Morgan fingerprint density at radius 3 is 2.06 bits per heavy atom. The van der Waals surface area contributed by atoms with E-state index in [0.29, 0.717) is 28.4 Å². The Morgan fingerprint density at radius 1 is 0.857 bits per heavy atom. The fourth-order valence-electron chi connectivity index (χ4n) is 5.88. The maximum Gasteiger partial charge on any atom is 0.490 e. The minimum atomic E-state index is -5.08. The molecular weight excluding hydrogens is 665 g/mol. The van der Waals surface area contributed by atoms with Gasteiger partial charge in [-0.05, 0) is 98.4 Å². The molecule has 0 aromatic heterocycles. The number of halogens is 4. The van der Waals surface area contributed by atoms with Crippen LogP contribution in [0.4, 0.5) is 18.9 Å². The number of carbonyl (C=O) groups is 4. The lowest BCUT2D eigenvalue weighted by molar-refractivity contribution is -0.192. The van der Waals surface area contributed by atoms with Crippen molar-refractivity contribution in [3.05, 3.63) is 94.0 Å². The highest BCUT2D eigenvalue weighted by molar-refractivity contribution is 6.30. The summed E-state index contributed by atoms with van der Waals surface area (Å²) in [6, 6.07) is 20.0. The molecule has 0 saturated carbocycles. The van der Waals surface area contributed by atoms with Gasteiger partial charge in [0.05, 0.1) is 6.54 Å². The maximum atomic E-state index is 13.8. The topological polar surface area (TPSA) is 119 Å². The molecule has 0 atom stereocenters. The van der Waals surface area contributed by atoms with Crippen LogP contribution in [0.1, 0.15) is 57.5 Å². The third-order valence-electron chi connectivity index (χ3n) is 8.48. The van der Waals surface area contributed by atoms with Crippen molar-refractivity contribution in [3.63, 3.8) is 0 Å². The second-order valence-corrected chi connectivity index (χ2v) is 12.4. The van der Waals surface area contributed by atoms with Crippen LogP contribution in [-0.4, -0.2) is 83.6 Å². The number of anilines is 1. The number of likely N-dealkylation sites (tertiary alicyclic amines) is 1. The first-order valence-electron chi connectivity index (χ1n) is 15.9. The molecule has 2 N–H and O–H groups in total. The van der Waals surface area contributed by atoms with Crippen LogP contribution in [-0.2, 0) is 22.7 Å². The summed E-state index contributed by atoms with van der Waals surface area (Å²) in [7, 11) is 0. The molecule has 0 aliphatic carbocycles. The zero-order valence-electron chi connectivity index (χ0n) is 26.5. The van der Waals surface area contributed by atoms with Crippen LogP contribution in [0, 0.1) is 0 Å². The fourth-order valence-corrected chi connectivity index (χ4v) is 6.01. The number of aliphatic carboxylic acids is 1. The zero-order chi connectivity index (χ0) is 35.1. The summed E-state index contributed by atoms with van der Waals surface area (Å²) in [6.45, 7) is 3.88. The summed E-state index contributed by atoms with van der Waals surface area (Å²) in [5, 5.41) is 11.0. The van der Waals surface area contributed by atoms with Gasteiger partial charge in [-0.2, -0.15) is 13.2 Å². The highest BCUT2D eigenvalue weighted by Crippen LogP contribution is 2.31. The van der Waals surface area contributed by atoms with Gasteiger partial charge in [0.2, 0.25) is 5.91 Å². The monoisotopic (exact) mass is 700 g/mol. The Balaban J connectivity index is 0.000000606. The normalized spacial score (nSPS) is 16.7. The number of nitrogens with zero attached hydrogens (tertiary/aromatic N) is 3. The smallest absolute Gasteiger partial charge is 0.490 e. The van der Waals surface area contributed by atoms with E-state index in [-0.39, 0.29) is 36.9 Å². The van der Waals surface area contributed by atoms with Crippen LogP contribution >= 0.6 is 11.6 Å². The fraction of sp³-hybridized carbons (Fsp3) is 0.371. The Labute approximate surface area is 286 Å². The maximum absolute atomic E-state index is 13.8. The van der Waals surface area contributed by atoms with Gasteiger partial charge in [0.1, 0.15) is 18.4 Å². The van der Waals surface area contributed by atoms with Gasteiger partial charge >= 0.3 is 12.1 Å². The number of rotatable bonds is 6. The second kappa shape index (κ2) is 15.7. The molecule has 3 amide bonds. The molecule has 6 rings (SSSR count). The minimum absolute atomic E-state index is 0.0274. The van der Waals surface area contributed by atoms with Crippen molar-refractivity contribution in [2.24, 2.45) is 0 Å². The van der Waals surface area contributed by atoms with Crippen LogP contribution in [0.25, 0.3) is 0 Å². The number of hydrogen-bond acceptors (Lipinski definition) is 6. The van der Waals surface area contributed by atoms with E-state index < -0.39 is 12.1 Å². The Hall–Kier alpha value is -4.62. The number of carboxylic acid groups (broad SMARTS) is 1. The van der Waals surface area contributed by atoms with Crippen molar-refractivity contribution in [2.45, 2.75) is 51.1 Å². The number of carboxylic acids is 1. The zero-order valence-corrected chi connectivity index (χ0v) is 27.3. The van der Waals surface area contributed by atoms with E-state index in [1.165, 1.54) is 0 Å². The molecule has 3 aromatic rings. The molecule has 0 bridgehead atoms. The third kappa shape index (κ3) is 9.30. The number of piperidine rings is 1. The quantitative estimate of drug-likeness (QED) is 0.347. The molecule has 2 saturated heterocycles. The molecule has 0 spiro atoms. The van der Waals surface area contributed by atoms with Crippen molar-refractivity contribution in [1.82, 2.24) is 15.1 Å². The van der Waals surface area contributed by atoms with Crippen LogP contribution in [0.3, 0.4) is 0 Å². The number of hydrogen-bond donors (Lipinski definition) is 2. The molecule has 49 heavy (non-hydrogen) atoms. The van der Waals surface area contributed by atoms with Crippen LogP contribution < -0.4 is 15.0 Å². The Bertz CT molecular complexity index is 1660. The minimum Gasteiger partial charge on any atom is -0.490 e. The highest BCUT2D eigenvalue weighted by Gasteiger charge is 2.38. The van der Waals surface area contributed by atoms with E-state index in [1.54, 1.807) is 34.1 Å². The van der Waals surface area contributed by atoms with E-state index in [1.807, 2.05) is 47.4 Å². The average Bonchev–Trinajstić information content (AvgIpc) is 3.59. The summed E-state index contributed by atoms with van der Waals surface area (Å²) >= 11 is 6.03. The summed E-state index contributed by atoms with van der Waals surface area (Å²) in [6.07, 6.45) is -0.928. The number of nitrogens with one attached hydrogen (secondary N) is 1. The van der Waals surface area contributed by atoms with Crippen LogP contribution in [0.15, 0.2) is 66.7 Å². The lowest BCUT2D eigenvalue weighted by Gasteiger charge is -2.25.